The molecule has 0 saturated carbocycles. The molecule has 0 rings (SSSR count). The van der Waals surface area contributed by atoms with Gasteiger partial charge in [0.2, 0.25) is 0 Å². The SMILES string of the molecule is [CH2-]CCCCCN(CC)CC.[Li+]. The Kier molecular flexibility index (Phi) is 14.5. The Bertz CT molecular complexity index is 72.2. The van der Waals surface area contributed by atoms with Gasteiger partial charge in [-0.25, -0.2) is 0 Å². The maximum Gasteiger partial charge on any atom is 1.00 e. The summed E-state index contributed by atoms with van der Waals surface area (Å²) in [5.74, 6) is 0. The van der Waals surface area contributed by atoms with E-state index in [9.17, 15) is 0 Å². The van der Waals surface area contributed by atoms with Crippen LogP contribution in [0, 0.1) is 6.92 Å². The minimum Gasteiger partial charge on any atom is -0.343 e. The molecule has 0 saturated heterocycles. The van der Waals surface area contributed by atoms with Crippen LogP contribution in [0.5, 0.6) is 0 Å². The summed E-state index contributed by atoms with van der Waals surface area (Å²) in [7, 11) is 0. The van der Waals surface area contributed by atoms with E-state index >= 15 is 0 Å². The fraction of sp³-hybridized carbons (Fsp3) is 0.900. The molecule has 0 aliphatic heterocycles. The summed E-state index contributed by atoms with van der Waals surface area (Å²) < 4.78 is 0. The van der Waals surface area contributed by atoms with E-state index < -0.39 is 0 Å². The third-order valence-electron chi connectivity index (χ3n) is 2.12. The van der Waals surface area contributed by atoms with Crippen molar-refractivity contribution in [3.63, 3.8) is 0 Å². The zero-order chi connectivity index (χ0) is 8.53. The molecule has 0 radical (unpaired) electrons. The summed E-state index contributed by atoms with van der Waals surface area (Å²) in [5.41, 5.74) is 0. The van der Waals surface area contributed by atoms with Gasteiger partial charge in [0.05, 0.1) is 0 Å². The quantitative estimate of drug-likeness (QED) is 0.284. The van der Waals surface area contributed by atoms with E-state index in [-0.39, 0.29) is 18.9 Å². The Morgan fingerprint density at radius 1 is 1.00 bits per heavy atom. The van der Waals surface area contributed by atoms with Gasteiger partial charge in [0.25, 0.3) is 0 Å². The molecule has 0 unspecified atom stereocenters. The molecule has 0 heterocycles. The van der Waals surface area contributed by atoms with Crippen molar-refractivity contribution in [2.24, 2.45) is 0 Å². The molecule has 0 bridgehead atoms. The summed E-state index contributed by atoms with van der Waals surface area (Å²) in [5, 5.41) is 0. The minimum atomic E-state index is 0. The van der Waals surface area contributed by atoms with E-state index in [2.05, 4.69) is 25.7 Å². The number of hydrogen-bond donors (Lipinski definition) is 0. The van der Waals surface area contributed by atoms with Gasteiger partial charge in [-0.15, -0.1) is 0 Å². The third-order valence-corrected chi connectivity index (χ3v) is 2.12. The molecule has 0 spiro atoms. The van der Waals surface area contributed by atoms with Crippen molar-refractivity contribution in [2.75, 3.05) is 19.6 Å². The third kappa shape index (κ3) is 8.65. The first-order chi connectivity index (χ1) is 5.35. The van der Waals surface area contributed by atoms with Gasteiger partial charge in [0.15, 0.2) is 0 Å². The number of rotatable bonds is 7. The molecule has 0 aliphatic rings. The average Bonchev–Trinajstić information content (AvgIpc) is 2.05. The molecule has 68 valence electrons. The molecule has 1 nitrogen and oxygen atoms in total. The first-order valence-electron chi connectivity index (χ1n) is 4.86. The summed E-state index contributed by atoms with van der Waals surface area (Å²) in [6.45, 7) is 11.9. The van der Waals surface area contributed by atoms with Gasteiger partial charge in [-0.1, -0.05) is 26.7 Å². The maximum atomic E-state index is 3.83. The zero-order valence-electron chi connectivity index (χ0n) is 9.10. The van der Waals surface area contributed by atoms with E-state index in [1.165, 1.54) is 38.9 Å². The first-order valence-corrected chi connectivity index (χ1v) is 4.86. The standard InChI is InChI=1S/C10H22N.Li/c1-4-7-8-9-10-11(5-2)6-3;/h1,4-10H2,2-3H3;/q-1;+1. The topological polar surface area (TPSA) is 3.24 Å². The van der Waals surface area contributed by atoms with E-state index in [0.29, 0.717) is 0 Å². The Balaban J connectivity index is 0. The number of unbranched alkanes of at least 4 members (excludes halogenated alkanes) is 3. The second-order valence-corrected chi connectivity index (χ2v) is 2.94. The molecule has 0 fully saturated rings. The predicted molar refractivity (Wildman–Crippen MR) is 51.6 cm³/mol. The van der Waals surface area contributed by atoms with Crippen molar-refractivity contribution in [2.45, 2.75) is 39.5 Å². The fourth-order valence-electron chi connectivity index (χ4n) is 1.23. The summed E-state index contributed by atoms with van der Waals surface area (Å²) in [6, 6.07) is 0. The van der Waals surface area contributed by atoms with E-state index in [1.807, 2.05) is 0 Å². The Hall–Kier alpha value is 0.557. The molecule has 0 N–H and O–H groups in total. The molecule has 0 aliphatic carbocycles. The molecule has 0 aromatic carbocycles. The van der Waals surface area contributed by atoms with Crippen LogP contribution < -0.4 is 18.9 Å². The average molecular weight is 163 g/mol. The monoisotopic (exact) mass is 163 g/mol. The van der Waals surface area contributed by atoms with Crippen LogP contribution >= 0.6 is 0 Å². The first kappa shape index (κ1) is 15.0. The van der Waals surface area contributed by atoms with Crippen molar-refractivity contribution in [3.8, 4) is 0 Å². The molecule has 0 aromatic rings. The van der Waals surface area contributed by atoms with Crippen LogP contribution in [0.25, 0.3) is 0 Å². The minimum absolute atomic E-state index is 0. The second-order valence-electron chi connectivity index (χ2n) is 2.94. The van der Waals surface area contributed by atoms with Crippen LogP contribution in [0.1, 0.15) is 39.5 Å². The van der Waals surface area contributed by atoms with E-state index in [0.717, 1.165) is 6.42 Å². The molecule has 2 heteroatoms. The largest absolute Gasteiger partial charge is 1.00 e. The van der Waals surface area contributed by atoms with Crippen LogP contribution in [0.4, 0.5) is 0 Å². The van der Waals surface area contributed by atoms with E-state index in [1.54, 1.807) is 0 Å². The summed E-state index contributed by atoms with van der Waals surface area (Å²) in [4.78, 5) is 2.48. The fourth-order valence-corrected chi connectivity index (χ4v) is 1.23. The zero-order valence-corrected chi connectivity index (χ0v) is 9.10. The van der Waals surface area contributed by atoms with Crippen molar-refractivity contribution in [1.82, 2.24) is 4.90 Å². The molecule has 0 aromatic heterocycles. The molecular weight excluding hydrogens is 141 g/mol. The van der Waals surface area contributed by atoms with E-state index in [4.69, 9.17) is 0 Å². The van der Waals surface area contributed by atoms with Crippen LogP contribution in [-0.2, 0) is 0 Å². The van der Waals surface area contributed by atoms with Gasteiger partial charge in [-0.3, -0.25) is 0 Å². The van der Waals surface area contributed by atoms with Gasteiger partial charge < -0.3 is 11.8 Å². The Morgan fingerprint density at radius 3 is 2.00 bits per heavy atom. The maximum absolute atomic E-state index is 3.83. The van der Waals surface area contributed by atoms with Gasteiger partial charge in [-0.2, -0.15) is 6.42 Å². The van der Waals surface area contributed by atoms with Crippen molar-refractivity contribution < 1.29 is 18.9 Å². The van der Waals surface area contributed by atoms with Gasteiger partial charge in [0, 0.05) is 0 Å². The van der Waals surface area contributed by atoms with Crippen LogP contribution in [0.2, 0.25) is 0 Å². The van der Waals surface area contributed by atoms with Crippen molar-refractivity contribution >= 4 is 0 Å². The Labute approximate surface area is 90.1 Å². The smallest absolute Gasteiger partial charge is 0.343 e. The molecular formula is C10H22LiN. The van der Waals surface area contributed by atoms with Crippen LogP contribution in [-0.4, -0.2) is 24.5 Å². The van der Waals surface area contributed by atoms with Gasteiger partial charge in [-0.05, 0) is 26.1 Å². The number of nitrogens with zero attached hydrogens (tertiary/aromatic N) is 1. The summed E-state index contributed by atoms with van der Waals surface area (Å²) in [6.07, 6.45) is 5.08. The molecule has 0 amide bonds. The van der Waals surface area contributed by atoms with Gasteiger partial charge in [0.1, 0.15) is 0 Å². The number of hydrogen-bond acceptors (Lipinski definition) is 1. The summed E-state index contributed by atoms with van der Waals surface area (Å²) >= 11 is 0. The van der Waals surface area contributed by atoms with Crippen molar-refractivity contribution in [1.29, 1.82) is 0 Å². The molecule has 0 atom stereocenters. The predicted octanol–water partition coefficient (Wildman–Crippen LogP) is -0.273. The molecule has 12 heavy (non-hydrogen) atoms. The second kappa shape index (κ2) is 11.6. The normalized spacial score (nSPS) is 10.0. The van der Waals surface area contributed by atoms with Gasteiger partial charge >= 0.3 is 18.9 Å². The van der Waals surface area contributed by atoms with Crippen LogP contribution in [0.15, 0.2) is 0 Å². The van der Waals surface area contributed by atoms with Crippen molar-refractivity contribution in [3.05, 3.63) is 6.92 Å². The Morgan fingerprint density at radius 2 is 1.58 bits per heavy atom. The van der Waals surface area contributed by atoms with Crippen LogP contribution in [0.3, 0.4) is 0 Å².